The number of aromatic nitrogens is 4. The molecule has 0 aliphatic rings. The summed E-state index contributed by atoms with van der Waals surface area (Å²) in [6.45, 7) is 3.44. The third kappa shape index (κ3) is 4.87. The van der Waals surface area contributed by atoms with Crippen LogP contribution >= 0.6 is 23.2 Å². The molecule has 0 atom stereocenters. The summed E-state index contributed by atoms with van der Waals surface area (Å²) in [5.41, 5.74) is 0.216. The molecule has 0 N–H and O–H groups in total. The molecule has 4 nitrogen and oxygen atoms in total. The summed E-state index contributed by atoms with van der Waals surface area (Å²) in [5, 5.41) is -0.395. The fourth-order valence-corrected chi connectivity index (χ4v) is 2.53. The average molecular weight is 387 g/mol. The van der Waals surface area contributed by atoms with Gasteiger partial charge < -0.3 is 0 Å². The Morgan fingerprint density at radius 2 is 1.40 bits per heavy atom. The van der Waals surface area contributed by atoms with Gasteiger partial charge in [-0.05, 0) is 13.8 Å². The Morgan fingerprint density at radius 1 is 0.840 bits per heavy atom. The second-order valence-corrected chi connectivity index (χ2v) is 5.53. The molecule has 130 valence electrons. The van der Waals surface area contributed by atoms with E-state index in [9.17, 15) is 13.2 Å². The van der Waals surface area contributed by atoms with Gasteiger partial charge in [-0.25, -0.2) is 23.1 Å². The van der Waals surface area contributed by atoms with Crippen LogP contribution in [-0.2, 0) is 0 Å². The van der Waals surface area contributed by atoms with E-state index < -0.39 is 23.0 Å². The molecule has 2 heterocycles. The zero-order valence-electron chi connectivity index (χ0n) is 13.1. The number of halogens is 5. The zero-order valence-corrected chi connectivity index (χ0v) is 14.6. The van der Waals surface area contributed by atoms with Crippen molar-refractivity contribution in [2.24, 2.45) is 0 Å². The topological polar surface area (TPSA) is 51.6 Å². The summed E-state index contributed by atoms with van der Waals surface area (Å²) in [5.74, 6) is -3.02. The highest BCUT2D eigenvalue weighted by molar-refractivity contribution is 6.37. The molecule has 25 heavy (non-hydrogen) atoms. The normalized spacial score (nSPS) is 10.2. The first-order valence-corrected chi connectivity index (χ1v) is 7.62. The first kappa shape index (κ1) is 19.1. The number of benzene rings is 1. The minimum atomic E-state index is -1.12. The zero-order chi connectivity index (χ0) is 18.6. The standard InChI is InChI=1S/C11H5Cl2F3N2.C5H6N2/c1-4-17-10(12)9(11(13)18-4)8-6(15)2-5(14)3-7(8)16;1-5-4-6-2-3-7-5/h2-3H,1H3;2-4H,1H3. The highest BCUT2D eigenvalue weighted by Crippen LogP contribution is 2.36. The lowest BCUT2D eigenvalue weighted by atomic mass is 10.1. The molecule has 0 radical (unpaired) electrons. The van der Waals surface area contributed by atoms with E-state index in [1.54, 1.807) is 18.6 Å². The van der Waals surface area contributed by atoms with Crippen molar-refractivity contribution in [1.29, 1.82) is 0 Å². The first-order chi connectivity index (χ1) is 11.8. The van der Waals surface area contributed by atoms with Crippen LogP contribution in [0.2, 0.25) is 10.3 Å². The molecule has 9 heteroatoms. The Labute approximate surface area is 151 Å². The third-order valence-corrected chi connectivity index (χ3v) is 3.43. The van der Waals surface area contributed by atoms with Gasteiger partial charge in [-0.3, -0.25) is 9.97 Å². The Kier molecular flexibility index (Phi) is 6.27. The van der Waals surface area contributed by atoms with Crippen LogP contribution in [0.5, 0.6) is 0 Å². The molecular formula is C16H11Cl2F3N4. The molecule has 0 amide bonds. The monoisotopic (exact) mass is 386 g/mol. The van der Waals surface area contributed by atoms with Crippen LogP contribution in [0.1, 0.15) is 11.5 Å². The molecule has 0 saturated heterocycles. The molecular weight excluding hydrogens is 376 g/mol. The van der Waals surface area contributed by atoms with Gasteiger partial charge >= 0.3 is 0 Å². The van der Waals surface area contributed by atoms with Gasteiger partial charge in [0.05, 0.1) is 16.8 Å². The van der Waals surface area contributed by atoms with Crippen molar-refractivity contribution < 1.29 is 13.2 Å². The van der Waals surface area contributed by atoms with E-state index in [-0.39, 0.29) is 21.7 Å². The fourth-order valence-electron chi connectivity index (χ4n) is 1.87. The highest BCUT2D eigenvalue weighted by atomic mass is 35.5. The number of rotatable bonds is 1. The van der Waals surface area contributed by atoms with Crippen molar-refractivity contribution >= 4 is 23.2 Å². The van der Waals surface area contributed by atoms with Gasteiger partial charge in [-0.2, -0.15) is 0 Å². The quantitative estimate of drug-likeness (QED) is 0.554. The molecule has 0 spiro atoms. The number of hydrogen-bond acceptors (Lipinski definition) is 4. The van der Waals surface area contributed by atoms with Crippen LogP contribution in [0, 0.1) is 31.3 Å². The molecule has 3 aromatic rings. The van der Waals surface area contributed by atoms with E-state index in [1.807, 2.05) is 6.92 Å². The van der Waals surface area contributed by atoms with Gasteiger partial charge in [0.1, 0.15) is 33.6 Å². The van der Waals surface area contributed by atoms with Gasteiger partial charge in [-0.15, -0.1) is 0 Å². The lowest BCUT2D eigenvalue weighted by Gasteiger charge is -2.09. The van der Waals surface area contributed by atoms with Crippen molar-refractivity contribution in [3.05, 3.63) is 70.0 Å². The Morgan fingerprint density at radius 3 is 1.80 bits per heavy atom. The van der Waals surface area contributed by atoms with Crippen LogP contribution < -0.4 is 0 Å². The Bertz CT molecular complexity index is 790. The number of nitrogens with zero attached hydrogens (tertiary/aromatic N) is 4. The van der Waals surface area contributed by atoms with Gasteiger partial charge in [0.25, 0.3) is 0 Å². The van der Waals surface area contributed by atoms with E-state index in [0.717, 1.165) is 5.69 Å². The van der Waals surface area contributed by atoms with E-state index >= 15 is 0 Å². The predicted molar refractivity (Wildman–Crippen MR) is 88.9 cm³/mol. The van der Waals surface area contributed by atoms with Gasteiger partial charge in [0.15, 0.2) is 0 Å². The summed E-state index contributed by atoms with van der Waals surface area (Å²) in [7, 11) is 0. The molecule has 1 aromatic carbocycles. The van der Waals surface area contributed by atoms with Crippen LogP contribution in [0.15, 0.2) is 30.7 Å². The van der Waals surface area contributed by atoms with Gasteiger partial charge in [0, 0.05) is 30.7 Å². The number of aryl methyl sites for hydroxylation is 2. The van der Waals surface area contributed by atoms with Gasteiger partial charge in [0.2, 0.25) is 0 Å². The van der Waals surface area contributed by atoms with E-state index in [2.05, 4.69) is 19.9 Å². The van der Waals surface area contributed by atoms with E-state index in [0.29, 0.717) is 12.1 Å². The second-order valence-electron chi connectivity index (χ2n) is 4.82. The summed E-state index contributed by atoms with van der Waals surface area (Å²) in [6.07, 6.45) is 5.06. The lowest BCUT2D eigenvalue weighted by molar-refractivity contribution is 0.548. The predicted octanol–water partition coefficient (Wildman–Crippen LogP) is 4.96. The van der Waals surface area contributed by atoms with Crippen molar-refractivity contribution in [2.75, 3.05) is 0 Å². The smallest absolute Gasteiger partial charge is 0.142 e. The second kappa shape index (κ2) is 8.22. The van der Waals surface area contributed by atoms with E-state index in [4.69, 9.17) is 23.2 Å². The van der Waals surface area contributed by atoms with Crippen LogP contribution in [0.3, 0.4) is 0 Å². The molecule has 0 aliphatic carbocycles. The van der Waals surface area contributed by atoms with Crippen molar-refractivity contribution in [2.45, 2.75) is 13.8 Å². The summed E-state index contributed by atoms with van der Waals surface area (Å²) in [4.78, 5) is 15.3. The molecule has 0 unspecified atom stereocenters. The molecule has 0 aliphatic heterocycles. The maximum atomic E-state index is 13.6. The largest absolute Gasteiger partial charge is 0.261 e. The highest BCUT2D eigenvalue weighted by Gasteiger charge is 2.21. The lowest BCUT2D eigenvalue weighted by Crippen LogP contribution is -1.98. The number of hydrogen-bond donors (Lipinski definition) is 0. The molecule has 2 aromatic heterocycles. The summed E-state index contributed by atoms with van der Waals surface area (Å²) >= 11 is 11.6. The minimum Gasteiger partial charge on any atom is -0.261 e. The molecule has 3 rings (SSSR count). The molecule has 0 fully saturated rings. The van der Waals surface area contributed by atoms with Crippen molar-refractivity contribution in [1.82, 2.24) is 19.9 Å². The Hall–Kier alpha value is -2.25. The van der Waals surface area contributed by atoms with Crippen LogP contribution in [-0.4, -0.2) is 19.9 Å². The van der Waals surface area contributed by atoms with Gasteiger partial charge in [-0.1, -0.05) is 23.2 Å². The average Bonchev–Trinajstić information content (AvgIpc) is 2.50. The van der Waals surface area contributed by atoms with Crippen molar-refractivity contribution in [3.8, 4) is 11.1 Å². The maximum Gasteiger partial charge on any atom is 0.142 e. The molecule has 0 bridgehead atoms. The minimum absolute atomic E-state index is 0.195. The fraction of sp³-hybridized carbons (Fsp3) is 0.125. The van der Waals surface area contributed by atoms with Crippen molar-refractivity contribution in [3.63, 3.8) is 0 Å². The van der Waals surface area contributed by atoms with Crippen LogP contribution in [0.25, 0.3) is 11.1 Å². The Balaban J connectivity index is 0.000000269. The maximum absolute atomic E-state index is 13.6. The molecule has 0 saturated carbocycles. The van der Waals surface area contributed by atoms with Crippen LogP contribution in [0.4, 0.5) is 13.2 Å². The SMILES string of the molecule is Cc1cnccn1.Cc1nc(Cl)c(-c2c(F)cc(F)cc2F)c(Cl)n1. The first-order valence-electron chi connectivity index (χ1n) is 6.86. The van der Waals surface area contributed by atoms with E-state index in [1.165, 1.54) is 6.92 Å². The summed E-state index contributed by atoms with van der Waals surface area (Å²) < 4.78 is 40.0. The third-order valence-electron chi connectivity index (χ3n) is 2.88. The summed E-state index contributed by atoms with van der Waals surface area (Å²) in [6, 6.07) is 1.07.